The molecule has 0 bridgehead atoms. The van der Waals surface area contributed by atoms with E-state index in [1.54, 1.807) is 12.1 Å². The van der Waals surface area contributed by atoms with Crippen molar-refractivity contribution in [3.63, 3.8) is 0 Å². The summed E-state index contributed by atoms with van der Waals surface area (Å²) in [6.45, 7) is 3.52. The van der Waals surface area contributed by atoms with Crippen molar-refractivity contribution >= 4 is 29.9 Å². The molecule has 0 heterocycles. The quantitative estimate of drug-likeness (QED) is 0.226. The lowest BCUT2D eigenvalue weighted by Crippen LogP contribution is -2.32. The summed E-state index contributed by atoms with van der Waals surface area (Å²) in [5.74, 6) is 1.03. The van der Waals surface area contributed by atoms with Gasteiger partial charge in [-0.15, -0.1) is 24.0 Å². The molecule has 5 nitrogen and oxygen atoms in total. The first-order valence-electron chi connectivity index (χ1n) is 8.07. The highest BCUT2D eigenvalue weighted by Crippen LogP contribution is 2.26. The molecular weight excluding hydrogens is 405 g/mol. The van der Waals surface area contributed by atoms with Gasteiger partial charge in [0.15, 0.2) is 17.5 Å². The SMILES string of the molecule is CCCCCCCCNC(N)=NCc1ccc(OC)c(O)c1.I. The Morgan fingerprint density at radius 3 is 2.57 bits per heavy atom. The number of nitrogens with two attached hydrogens (primary N) is 1. The molecule has 1 rings (SSSR count). The van der Waals surface area contributed by atoms with Crippen molar-refractivity contribution in [3.05, 3.63) is 23.8 Å². The zero-order valence-corrected chi connectivity index (χ0v) is 16.5. The minimum Gasteiger partial charge on any atom is -0.504 e. The van der Waals surface area contributed by atoms with Crippen LogP contribution in [-0.4, -0.2) is 24.7 Å². The van der Waals surface area contributed by atoms with Crippen LogP contribution in [0, 0.1) is 0 Å². The van der Waals surface area contributed by atoms with Gasteiger partial charge in [-0.1, -0.05) is 45.1 Å². The van der Waals surface area contributed by atoms with E-state index in [2.05, 4.69) is 17.2 Å². The second kappa shape index (κ2) is 13.3. The predicted molar refractivity (Wildman–Crippen MR) is 107 cm³/mol. The van der Waals surface area contributed by atoms with Gasteiger partial charge >= 0.3 is 0 Å². The summed E-state index contributed by atoms with van der Waals surface area (Å²) in [5, 5.41) is 12.8. The summed E-state index contributed by atoms with van der Waals surface area (Å²) in [6.07, 6.45) is 7.55. The molecule has 6 heteroatoms. The van der Waals surface area contributed by atoms with Crippen molar-refractivity contribution in [2.24, 2.45) is 10.7 Å². The maximum Gasteiger partial charge on any atom is 0.188 e. The smallest absolute Gasteiger partial charge is 0.188 e. The van der Waals surface area contributed by atoms with Crippen molar-refractivity contribution in [1.82, 2.24) is 5.32 Å². The lowest BCUT2D eigenvalue weighted by molar-refractivity contribution is 0.373. The second-order valence-electron chi connectivity index (χ2n) is 5.40. The number of aliphatic imine (C=N–C) groups is 1. The monoisotopic (exact) mass is 435 g/mol. The maximum atomic E-state index is 9.70. The molecule has 0 saturated carbocycles. The average molecular weight is 435 g/mol. The molecule has 0 aromatic heterocycles. The number of halogens is 1. The van der Waals surface area contributed by atoms with Crippen LogP contribution in [0.25, 0.3) is 0 Å². The Labute approximate surface area is 156 Å². The van der Waals surface area contributed by atoms with Crippen molar-refractivity contribution in [1.29, 1.82) is 0 Å². The number of rotatable bonds is 10. The summed E-state index contributed by atoms with van der Waals surface area (Å²) in [4.78, 5) is 4.27. The first kappa shape index (κ1) is 21.8. The van der Waals surface area contributed by atoms with Crippen LogP contribution in [0.3, 0.4) is 0 Å². The number of methoxy groups -OCH3 is 1. The molecule has 4 N–H and O–H groups in total. The molecule has 0 aliphatic heterocycles. The van der Waals surface area contributed by atoms with Gasteiger partial charge in [0.05, 0.1) is 13.7 Å². The molecule has 0 aliphatic rings. The summed E-state index contributed by atoms with van der Waals surface area (Å²) in [6, 6.07) is 5.23. The highest BCUT2D eigenvalue weighted by Gasteiger charge is 2.02. The number of phenols is 1. The van der Waals surface area contributed by atoms with Crippen LogP contribution in [0.2, 0.25) is 0 Å². The van der Waals surface area contributed by atoms with Crippen molar-refractivity contribution < 1.29 is 9.84 Å². The zero-order chi connectivity index (χ0) is 16.2. The number of nitrogens with zero attached hydrogens (tertiary/aromatic N) is 1. The van der Waals surface area contributed by atoms with Gasteiger partial charge in [-0.25, -0.2) is 4.99 Å². The maximum absolute atomic E-state index is 9.70. The Kier molecular flexibility index (Phi) is 12.6. The molecule has 0 radical (unpaired) electrons. The number of phenolic OH excluding ortho intramolecular Hbond substituents is 1. The van der Waals surface area contributed by atoms with Crippen molar-refractivity contribution in [2.45, 2.75) is 52.0 Å². The van der Waals surface area contributed by atoms with Gasteiger partial charge < -0.3 is 20.9 Å². The lowest BCUT2D eigenvalue weighted by Gasteiger charge is -2.07. The molecule has 23 heavy (non-hydrogen) atoms. The number of nitrogens with one attached hydrogen (secondary N) is 1. The molecule has 0 amide bonds. The van der Waals surface area contributed by atoms with Gasteiger partial charge in [0.25, 0.3) is 0 Å². The zero-order valence-electron chi connectivity index (χ0n) is 14.2. The van der Waals surface area contributed by atoms with Gasteiger partial charge in [-0.3, -0.25) is 0 Å². The fourth-order valence-corrected chi connectivity index (χ4v) is 2.19. The van der Waals surface area contributed by atoms with E-state index in [1.165, 1.54) is 39.2 Å². The summed E-state index contributed by atoms with van der Waals surface area (Å²) in [5.41, 5.74) is 6.72. The highest BCUT2D eigenvalue weighted by atomic mass is 127. The number of hydrogen-bond donors (Lipinski definition) is 3. The molecule has 1 aromatic rings. The second-order valence-corrected chi connectivity index (χ2v) is 5.40. The van der Waals surface area contributed by atoms with E-state index < -0.39 is 0 Å². The van der Waals surface area contributed by atoms with Crippen LogP contribution in [0.15, 0.2) is 23.2 Å². The fourth-order valence-electron chi connectivity index (χ4n) is 2.19. The Morgan fingerprint density at radius 1 is 1.22 bits per heavy atom. The lowest BCUT2D eigenvalue weighted by atomic mass is 10.1. The summed E-state index contributed by atoms with van der Waals surface area (Å²) >= 11 is 0. The van der Waals surface area contributed by atoms with Gasteiger partial charge in [0, 0.05) is 6.54 Å². The Bertz CT molecular complexity index is 467. The minimum absolute atomic E-state index is 0. The van der Waals surface area contributed by atoms with Crippen LogP contribution < -0.4 is 15.8 Å². The Morgan fingerprint density at radius 2 is 1.91 bits per heavy atom. The van der Waals surface area contributed by atoms with Gasteiger partial charge in [0.1, 0.15) is 0 Å². The average Bonchev–Trinajstić information content (AvgIpc) is 2.52. The van der Waals surface area contributed by atoms with E-state index in [0.29, 0.717) is 18.3 Å². The summed E-state index contributed by atoms with van der Waals surface area (Å²) in [7, 11) is 1.52. The van der Waals surface area contributed by atoms with Crippen LogP contribution >= 0.6 is 24.0 Å². The molecular formula is C17H30IN3O2. The Hall–Kier alpha value is -1.18. The van der Waals surface area contributed by atoms with Crippen LogP contribution in [-0.2, 0) is 6.54 Å². The molecule has 132 valence electrons. The van der Waals surface area contributed by atoms with Crippen LogP contribution in [0.4, 0.5) is 0 Å². The van der Waals surface area contributed by atoms with E-state index in [1.807, 2.05) is 6.07 Å². The highest BCUT2D eigenvalue weighted by molar-refractivity contribution is 14.0. The van der Waals surface area contributed by atoms with Gasteiger partial charge in [-0.2, -0.15) is 0 Å². The number of benzene rings is 1. The molecule has 0 aliphatic carbocycles. The van der Waals surface area contributed by atoms with Gasteiger partial charge in [-0.05, 0) is 24.1 Å². The number of ether oxygens (including phenoxy) is 1. The van der Waals surface area contributed by atoms with Crippen LogP contribution in [0.1, 0.15) is 51.0 Å². The third-order valence-electron chi connectivity index (χ3n) is 3.51. The molecule has 0 spiro atoms. The van der Waals surface area contributed by atoms with E-state index in [0.717, 1.165) is 18.5 Å². The largest absolute Gasteiger partial charge is 0.504 e. The van der Waals surface area contributed by atoms with Crippen LogP contribution in [0.5, 0.6) is 11.5 Å². The number of guanidine groups is 1. The molecule has 0 saturated heterocycles. The normalized spacial score (nSPS) is 11.0. The van der Waals surface area contributed by atoms with Gasteiger partial charge in [0.2, 0.25) is 0 Å². The number of hydrogen-bond acceptors (Lipinski definition) is 3. The third-order valence-corrected chi connectivity index (χ3v) is 3.51. The van der Waals surface area contributed by atoms with Crippen molar-refractivity contribution in [3.8, 4) is 11.5 Å². The number of aromatic hydroxyl groups is 1. The fraction of sp³-hybridized carbons (Fsp3) is 0.588. The molecule has 0 unspecified atom stereocenters. The van der Waals surface area contributed by atoms with E-state index >= 15 is 0 Å². The molecule has 1 aromatic carbocycles. The standard InChI is InChI=1S/C17H29N3O2.HI/c1-3-4-5-6-7-8-11-19-17(18)20-13-14-9-10-16(22-2)15(21)12-14;/h9-10,12,21H,3-8,11,13H2,1-2H3,(H3,18,19,20);1H. The minimum atomic E-state index is 0. The predicted octanol–water partition coefficient (Wildman–Crippen LogP) is 3.78. The third kappa shape index (κ3) is 9.53. The Balaban J connectivity index is 0.00000484. The number of unbranched alkanes of at least 4 members (excludes halogenated alkanes) is 5. The van der Waals surface area contributed by atoms with E-state index in [9.17, 15) is 5.11 Å². The first-order valence-corrected chi connectivity index (χ1v) is 8.07. The molecule has 0 fully saturated rings. The molecule has 0 atom stereocenters. The van der Waals surface area contributed by atoms with E-state index in [4.69, 9.17) is 10.5 Å². The topological polar surface area (TPSA) is 79.9 Å². The van der Waals surface area contributed by atoms with E-state index in [-0.39, 0.29) is 29.7 Å². The summed E-state index contributed by atoms with van der Waals surface area (Å²) < 4.78 is 5.00. The first-order chi connectivity index (χ1) is 10.7. The van der Waals surface area contributed by atoms with Crippen molar-refractivity contribution in [2.75, 3.05) is 13.7 Å².